The van der Waals surface area contributed by atoms with Crippen molar-refractivity contribution < 1.29 is 48.6 Å². The molecule has 6 N–H and O–H groups in total. The normalized spacial score (nSPS) is 19.7. The van der Waals surface area contributed by atoms with Crippen molar-refractivity contribution in [3.8, 4) is 5.75 Å². The van der Waals surface area contributed by atoms with Crippen molar-refractivity contribution in [1.29, 1.82) is 0 Å². The second-order valence-corrected chi connectivity index (χ2v) is 12.7. The van der Waals surface area contributed by atoms with Gasteiger partial charge in [0.05, 0.1) is 32.3 Å². The Kier molecular flexibility index (Phi) is 14.7. The van der Waals surface area contributed by atoms with E-state index in [0.717, 1.165) is 62.4 Å². The maximum Gasteiger partial charge on any atom is 0.227 e. The summed E-state index contributed by atoms with van der Waals surface area (Å²) in [7, 11) is 1.63. The summed E-state index contributed by atoms with van der Waals surface area (Å²) in [5.41, 5.74) is 0.622. The number of hydrogen-bond donors (Lipinski definition) is 6. The fourth-order valence-corrected chi connectivity index (χ4v) is 6.18. The molecule has 13 nitrogen and oxygen atoms in total. The van der Waals surface area contributed by atoms with Gasteiger partial charge in [0.25, 0.3) is 0 Å². The molecule has 48 heavy (non-hydrogen) atoms. The molecule has 0 aliphatic carbocycles. The molecule has 15 heteroatoms. The smallest absolute Gasteiger partial charge is 0.227 e. The van der Waals surface area contributed by atoms with E-state index in [2.05, 4.69) is 20.2 Å². The molecule has 1 amide bonds. The summed E-state index contributed by atoms with van der Waals surface area (Å²) in [5, 5.41) is 50.9. The van der Waals surface area contributed by atoms with Crippen molar-refractivity contribution in [3.63, 3.8) is 0 Å². The average Bonchev–Trinajstić information content (AvgIpc) is 3.57. The van der Waals surface area contributed by atoms with Gasteiger partial charge in [-0.3, -0.25) is 4.79 Å². The zero-order chi connectivity index (χ0) is 34.6. The molecule has 2 aliphatic rings. The Bertz CT molecular complexity index is 1260. The highest BCUT2D eigenvalue weighted by Gasteiger charge is 2.31. The second-order valence-electron chi connectivity index (χ2n) is 12.7. The molecule has 3 heterocycles. The van der Waals surface area contributed by atoms with Gasteiger partial charge in [0.2, 0.25) is 11.9 Å². The molecule has 5 atom stereocenters. The molecule has 0 spiro atoms. The monoisotopic (exact) mass is 681 g/mol. The number of carbonyl (C=O) groups is 1. The van der Waals surface area contributed by atoms with E-state index in [4.69, 9.17) is 14.6 Å². The number of amides is 1. The molecule has 2 fully saturated rings. The van der Waals surface area contributed by atoms with Crippen molar-refractivity contribution >= 4 is 11.9 Å². The fourth-order valence-electron chi connectivity index (χ4n) is 6.18. The number of rotatable bonds is 18. The number of methoxy groups -OCH3 is 1. The molecule has 268 valence electrons. The Morgan fingerprint density at radius 3 is 2.29 bits per heavy atom. The molecule has 2 saturated heterocycles. The third-order valence-corrected chi connectivity index (χ3v) is 9.12. The lowest BCUT2D eigenvalue weighted by Gasteiger charge is -2.32. The summed E-state index contributed by atoms with van der Waals surface area (Å²) in [6.45, 7) is 2.83. The fraction of sp³-hybridized carbons (Fsp3) is 0.667. The van der Waals surface area contributed by atoms with E-state index in [1.54, 1.807) is 24.4 Å². The molecule has 2 aromatic rings. The number of nitrogens with zero attached hydrogens (tertiary/aromatic N) is 4. The third-order valence-electron chi connectivity index (χ3n) is 9.12. The number of carbonyl (C=O) groups excluding carboxylic acids is 1. The SMILES string of the molecule is COCc1cnc(N2CCC(CCCOc3cc(F)c(CC(=O)N4CC[C@@H](CNCC(O)C(O)C(O)C(O)CO)C4)c(F)c3)CC2)nc1. The zero-order valence-corrected chi connectivity index (χ0v) is 27.4. The lowest BCUT2D eigenvalue weighted by Crippen LogP contribution is -2.49. The highest BCUT2D eigenvalue weighted by molar-refractivity contribution is 5.79. The van der Waals surface area contributed by atoms with Crippen molar-refractivity contribution in [1.82, 2.24) is 20.2 Å². The number of nitrogens with one attached hydrogen (secondary N) is 1. The summed E-state index contributed by atoms with van der Waals surface area (Å²) < 4.78 is 40.6. The first-order valence-corrected chi connectivity index (χ1v) is 16.6. The molecule has 4 unspecified atom stereocenters. The minimum absolute atomic E-state index is 0.0110. The minimum atomic E-state index is -1.71. The van der Waals surface area contributed by atoms with E-state index < -0.39 is 55.0 Å². The van der Waals surface area contributed by atoms with Gasteiger partial charge in [0, 0.05) is 75.5 Å². The summed E-state index contributed by atoms with van der Waals surface area (Å²) in [4.78, 5) is 25.5. The number of anilines is 1. The number of aliphatic hydroxyl groups is 5. The van der Waals surface area contributed by atoms with E-state index in [1.807, 2.05) is 0 Å². The van der Waals surface area contributed by atoms with Gasteiger partial charge in [-0.25, -0.2) is 18.7 Å². The van der Waals surface area contributed by atoms with Crippen LogP contribution in [0.3, 0.4) is 0 Å². The molecule has 1 aromatic heterocycles. The molecule has 4 rings (SSSR count). The quantitative estimate of drug-likeness (QED) is 0.119. The van der Waals surface area contributed by atoms with Gasteiger partial charge >= 0.3 is 0 Å². The zero-order valence-electron chi connectivity index (χ0n) is 27.4. The number of aromatic nitrogens is 2. The van der Waals surface area contributed by atoms with Crippen LogP contribution in [-0.2, 0) is 22.6 Å². The van der Waals surface area contributed by atoms with Gasteiger partial charge in [-0.2, -0.15) is 0 Å². The van der Waals surface area contributed by atoms with Crippen LogP contribution < -0.4 is 15.0 Å². The van der Waals surface area contributed by atoms with Gasteiger partial charge in [-0.1, -0.05) is 0 Å². The maximum atomic E-state index is 14.9. The Balaban J connectivity index is 1.13. The Morgan fingerprint density at radius 2 is 1.65 bits per heavy atom. The third kappa shape index (κ3) is 10.7. The van der Waals surface area contributed by atoms with E-state index in [-0.39, 0.29) is 23.8 Å². The highest BCUT2D eigenvalue weighted by Crippen LogP contribution is 2.26. The standard InChI is InChI=1S/C33H49F2N5O8/c1-47-20-23-15-37-33(38-16-23)39-7-4-21(5-8-39)3-2-10-48-24-11-26(34)25(27(35)12-24)13-30(44)40-9-6-22(18-40)14-36-17-28(42)31(45)32(46)29(43)19-41/h11-12,15-16,21-22,28-29,31-32,36,41-43,45-46H,2-10,13-14,17-20H2,1H3/t22-,28?,29?,31?,32?/m0/s1. The number of aliphatic hydroxyl groups excluding tert-OH is 5. The van der Waals surface area contributed by atoms with Crippen LogP contribution in [0.5, 0.6) is 5.75 Å². The van der Waals surface area contributed by atoms with Crippen LogP contribution in [0.25, 0.3) is 0 Å². The molecule has 1 aromatic carbocycles. The first-order valence-electron chi connectivity index (χ1n) is 16.6. The minimum Gasteiger partial charge on any atom is -0.493 e. The number of benzene rings is 1. The van der Waals surface area contributed by atoms with Gasteiger partial charge in [0.1, 0.15) is 35.7 Å². The lowest BCUT2D eigenvalue weighted by molar-refractivity contribution is -0.129. The Labute approximate surface area is 279 Å². The van der Waals surface area contributed by atoms with E-state index in [1.165, 1.54) is 0 Å². The van der Waals surface area contributed by atoms with Crippen molar-refractivity contribution in [2.45, 2.75) is 69.5 Å². The predicted octanol–water partition coefficient (Wildman–Crippen LogP) is 0.393. The van der Waals surface area contributed by atoms with E-state index >= 15 is 0 Å². The summed E-state index contributed by atoms with van der Waals surface area (Å²) >= 11 is 0. The molecular formula is C33H49F2N5O8. The van der Waals surface area contributed by atoms with Crippen molar-refractivity contribution in [3.05, 3.63) is 47.3 Å². The summed E-state index contributed by atoms with van der Waals surface area (Å²) in [5.74, 6) is -0.730. The predicted molar refractivity (Wildman–Crippen MR) is 171 cm³/mol. The average molecular weight is 682 g/mol. The number of hydrogen-bond acceptors (Lipinski definition) is 12. The largest absolute Gasteiger partial charge is 0.493 e. The van der Waals surface area contributed by atoms with Crippen LogP contribution in [0.1, 0.15) is 43.2 Å². The molecule has 0 radical (unpaired) electrons. The summed E-state index contributed by atoms with van der Waals surface area (Å²) in [6, 6.07) is 2.24. The number of piperidine rings is 1. The van der Waals surface area contributed by atoms with Crippen LogP contribution >= 0.6 is 0 Å². The maximum absolute atomic E-state index is 14.9. The van der Waals surface area contributed by atoms with Crippen LogP contribution in [0, 0.1) is 23.5 Å². The number of ether oxygens (including phenoxy) is 2. The van der Waals surface area contributed by atoms with Crippen molar-refractivity contribution in [2.75, 3.05) is 64.5 Å². The number of likely N-dealkylation sites (tertiary alicyclic amines) is 1. The van der Waals surface area contributed by atoms with Gasteiger partial charge in [-0.05, 0) is 50.5 Å². The van der Waals surface area contributed by atoms with Crippen LogP contribution in [0.15, 0.2) is 24.5 Å². The second kappa shape index (κ2) is 18.6. The molecule has 2 aliphatic heterocycles. The van der Waals surface area contributed by atoms with Crippen molar-refractivity contribution in [2.24, 2.45) is 11.8 Å². The van der Waals surface area contributed by atoms with Crippen LogP contribution in [-0.4, -0.2) is 130 Å². The first kappa shape index (κ1) is 37.8. The molecule has 0 saturated carbocycles. The Morgan fingerprint density at radius 1 is 1.00 bits per heavy atom. The first-order chi connectivity index (χ1) is 23.1. The summed E-state index contributed by atoms with van der Waals surface area (Å²) in [6.07, 6.45) is 1.11. The number of halogens is 2. The van der Waals surface area contributed by atoms with E-state index in [9.17, 15) is 34.0 Å². The van der Waals surface area contributed by atoms with Gasteiger partial charge in [-0.15, -0.1) is 0 Å². The van der Waals surface area contributed by atoms with Gasteiger partial charge in [0.15, 0.2) is 0 Å². The lowest BCUT2D eigenvalue weighted by atomic mass is 9.92. The van der Waals surface area contributed by atoms with Gasteiger partial charge < -0.3 is 50.1 Å². The molecular weight excluding hydrogens is 632 g/mol. The highest BCUT2D eigenvalue weighted by atomic mass is 19.1. The molecule has 0 bridgehead atoms. The topological polar surface area (TPSA) is 181 Å². The Hall–Kier alpha value is -3.05. The van der Waals surface area contributed by atoms with E-state index in [0.29, 0.717) is 45.2 Å². The van der Waals surface area contributed by atoms with Crippen LogP contribution in [0.4, 0.5) is 14.7 Å². The van der Waals surface area contributed by atoms with Crippen LogP contribution in [0.2, 0.25) is 0 Å².